The van der Waals surface area contributed by atoms with Crippen molar-refractivity contribution in [2.75, 3.05) is 13.9 Å². The highest BCUT2D eigenvalue weighted by Gasteiger charge is 2.25. The Morgan fingerprint density at radius 3 is 2.58 bits per heavy atom. The van der Waals surface area contributed by atoms with Gasteiger partial charge < -0.3 is 24.5 Å². The van der Waals surface area contributed by atoms with Crippen LogP contribution in [0.25, 0.3) is 11.1 Å². The van der Waals surface area contributed by atoms with E-state index in [0.29, 0.717) is 12.1 Å². The Morgan fingerprint density at radius 2 is 1.90 bits per heavy atom. The van der Waals surface area contributed by atoms with Crippen LogP contribution in [-0.4, -0.2) is 24.4 Å². The maximum atomic E-state index is 12.5. The maximum Gasteiger partial charge on any atom is 0.251 e. The van der Waals surface area contributed by atoms with Gasteiger partial charge in [0.05, 0.1) is 12.7 Å². The zero-order valence-corrected chi connectivity index (χ0v) is 18.5. The molecule has 0 aliphatic carbocycles. The summed E-state index contributed by atoms with van der Waals surface area (Å²) in [6.07, 6.45) is 1.78. The van der Waals surface area contributed by atoms with Crippen molar-refractivity contribution in [1.29, 1.82) is 0 Å². The molecule has 0 spiro atoms. The van der Waals surface area contributed by atoms with E-state index in [2.05, 4.69) is 17.6 Å². The van der Waals surface area contributed by atoms with E-state index in [-0.39, 0.29) is 6.79 Å². The fraction of sp³-hybridized carbons (Fsp3) is 0.320. The molecule has 0 fully saturated rings. The largest absolute Gasteiger partial charge is 0.496 e. The summed E-state index contributed by atoms with van der Waals surface area (Å²) in [6.45, 7) is 6.97. The molecule has 2 aromatic carbocycles. The maximum absolute atomic E-state index is 12.5. The van der Waals surface area contributed by atoms with Gasteiger partial charge in [-0.15, -0.1) is 0 Å². The van der Waals surface area contributed by atoms with Crippen molar-refractivity contribution in [1.82, 2.24) is 4.57 Å². The summed E-state index contributed by atoms with van der Waals surface area (Å²) in [4.78, 5) is 12.5. The van der Waals surface area contributed by atoms with Crippen molar-refractivity contribution in [3.63, 3.8) is 0 Å². The molecule has 0 radical (unpaired) electrons. The fourth-order valence-corrected chi connectivity index (χ4v) is 4.38. The first-order valence-corrected chi connectivity index (χ1v) is 10.5. The van der Waals surface area contributed by atoms with Crippen molar-refractivity contribution in [3.05, 3.63) is 64.5 Å². The van der Waals surface area contributed by atoms with Crippen molar-refractivity contribution in [3.8, 4) is 28.4 Å². The molecule has 1 aromatic heterocycles. The van der Waals surface area contributed by atoms with Gasteiger partial charge in [0.25, 0.3) is 5.91 Å². The first-order chi connectivity index (χ1) is 14.9. The number of benzene rings is 2. The van der Waals surface area contributed by atoms with Crippen molar-refractivity contribution < 1.29 is 19.0 Å². The van der Waals surface area contributed by atoms with Crippen LogP contribution in [0.5, 0.6) is 17.2 Å². The lowest BCUT2D eigenvalue weighted by molar-refractivity contribution is 0.1000. The smallest absolute Gasteiger partial charge is 0.251 e. The topological polar surface area (TPSA) is 75.7 Å². The molecule has 1 amide bonds. The number of aryl methyl sites for hydroxylation is 1. The van der Waals surface area contributed by atoms with E-state index in [9.17, 15) is 4.79 Å². The summed E-state index contributed by atoms with van der Waals surface area (Å²) < 4.78 is 18.6. The van der Waals surface area contributed by atoms with Gasteiger partial charge >= 0.3 is 0 Å². The number of aromatic nitrogens is 1. The Labute approximate surface area is 182 Å². The molecule has 0 saturated heterocycles. The first-order valence-electron chi connectivity index (χ1n) is 10.5. The van der Waals surface area contributed by atoms with E-state index in [0.717, 1.165) is 63.7 Å². The molecule has 31 heavy (non-hydrogen) atoms. The molecule has 3 aromatic rings. The molecule has 2 N–H and O–H groups in total. The highest BCUT2D eigenvalue weighted by Crippen LogP contribution is 2.37. The minimum Gasteiger partial charge on any atom is -0.496 e. The van der Waals surface area contributed by atoms with Gasteiger partial charge in [0, 0.05) is 23.5 Å². The summed E-state index contributed by atoms with van der Waals surface area (Å²) in [5, 5.41) is 0. The van der Waals surface area contributed by atoms with Crippen LogP contribution >= 0.6 is 0 Å². The van der Waals surface area contributed by atoms with Gasteiger partial charge in [-0.25, -0.2) is 0 Å². The number of rotatable bonds is 7. The van der Waals surface area contributed by atoms with Crippen LogP contribution < -0.4 is 19.9 Å². The molecule has 4 rings (SSSR count). The van der Waals surface area contributed by atoms with Gasteiger partial charge in [-0.3, -0.25) is 4.79 Å². The normalized spacial score (nSPS) is 12.3. The summed E-state index contributed by atoms with van der Waals surface area (Å²) in [6, 6.07) is 12.0. The van der Waals surface area contributed by atoms with Gasteiger partial charge in [0.1, 0.15) is 5.75 Å². The Morgan fingerprint density at radius 1 is 1.13 bits per heavy atom. The molecular formula is C25H28N2O4. The molecule has 0 saturated carbocycles. The van der Waals surface area contributed by atoms with Gasteiger partial charge in [-0.1, -0.05) is 25.5 Å². The van der Waals surface area contributed by atoms with Gasteiger partial charge in [0.2, 0.25) is 6.79 Å². The second-order valence-corrected chi connectivity index (χ2v) is 7.85. The molecular weight excluding hydrogens is 392 g/mol. The Bertz CT molecular complexity index is 1150. The monoisotopic (exact) mass is 420 g/mol. The summed E-state index contributed by atoms with van der Waals surface area (Å²) in [5.74, 6) is 1.91. The molecule has 1 aliphatic heterocycles. The number of hydrogen-bond acceptors (Lipinski definition) is 4. The van der Waals surface area contributed by atoms with E-state index < -0.39 is 5.91 Å². The fourth-order valence-electron chi connectivity index (χ4n) is 4.38. The van der Waals surface area contributed by atoms with Crippen molar-refractivity contribution >= 4 is 5.91 Å². The number of primary amides is 1. The number of carbonyl (C=O) groups excluding carboxylic acids is 1. The number of nitrogens with two attached hydrogens (primary N) is 1. The van der Waals surface area contributed by atoms with Crippen LogP contribution in [0.2, 0.25) is 0 Å². The lowest BCUT2D eigenvalue weighted by Gasteiger charge is -2.14. The second kappa shape index (κ2) is 8.38. The Hall–Kier alpha value is -3.41. The van der Waals surface area contributed by atoms with Crippen molar-refractivity contribution in [2.24, 2.45) is 5.73 Å². The van der Waals surface area contributed by atoms with E-state index >= 15 is 0 Å². The molecule has 2 heterocycles. The number of nitrogens with zero attached hydrogens (tertiary/aromatic N) is 1. The van der Waals surface area contributed by atoms with Crippen LogP contribution in [-0.2, 0) is 13.0 Å². The first kappa shape index (κ1) is 20.8. The highest BCUT2D eigenvalue weighted by atomic mass is 16.7. The number of amides is 1. The second-order valence-electron chi connectivity index (χ2n) is 7.85. The Kier molecular flexibility index (Phi) is 5.63. The SMILES string of the molecule is CCCc1c(-c2ccc(OC)c(C)c2)c(C(N)=O)c(C)n1Cc1ccc2c(c1)OCO2. The molecule has 162 valence electrons. The van der Waals surface area contributed by atoms with E-state index in [1.54, 1.807) is 7.11 Å². The summed E-state index contributed by atoms with van der Waals surface area (Å²) in [5.41, 5.74) is 12.4. The molecule has 0 bridgehead atoms. The number of hydrogen-bond donors (Lipinski definition) is 1. The van der Waals surface area contributed by atoms with Crippen LogP contribution in [0, 0.1) is 13.8 Å². The number of carbonyl (C=O) groups is 1. The third-order valence-electron chi connectivity index (χ3n) is 5.83. The minimum absolute atomic E-state index is 0.245. The zero-order chi connectivity index (χ0) is 22.1. The van der Waals surface area contributed by atoms with Gasteiger partial charge in [0.15, 0.2) is 11.5 Å². The third-order valence-corrected chi connectivity index (χ3v) is 5.83. The standard InChI is InChI=1S/C25H28N2O4/c1-5-6-19-24(18-8-10-20(29-4)15(2)11-18)23(25(26)28)16(3)27(19)13-17-7-9-21-22(12-17)31-14-30-21/h7-12H,5-6,13-14H2,1-4H3,(H2,26,28). The average molecular weight is 421 g/mol. The lowest BCUT2D eigenvalue weighted by Crippen LogP contribution is -2.13. The number of ether oxygens (including phenoxy) is 3. The van der Waals surface area contributed by atoms with Crippen molar-refractivity contribution in [2.45, 2.75) is 40.2 Å². The van der Waals surface area contributed by atoms with Crippen LogP contribution in [0.3, 0.4) is 0 Å². The zero-order valence-electron chi connectivity index (χ0n) is 18.5. The van der Waals surface area contributed by atoms with E-state index in [1.165, 1.54) is 0 Å². The molecule has 0 unspecified atom stereocenters. The van der Waals surface area contributed by atoms with Crippen LogP contribution in [0.15, 0.2) is 36.4 Å². The Balaban J connectivity index is 1.87. The molecule has 1 aliphatic rings. The summed E-state index contributed by atoms with van der Waals surface area (Å²) in [7, 11) is 1.66. The minimum atomic E-state index is -0.414. The third kappa shape index (κ3) is 3.74. The van der Waals surface area contributed by atoms with E-state index in [4.69, 9.17) is 19.9 Å². The van der Waals surface area contributed by atoms with Gasteiger partial charge in [-0.2, -0.15) is 0 Å². The quantitative estimate of drug-likeness (QED) is 0.606. The van der Waals surface area contributed by atoms with Crippen LogP contribution in [0.4, 0.5) is 0 Å². The molecule has 0 atom stereocenters. The average Bonchev–Trinajstić information content (AvgIpc) is 3.31. The number of methoxy groups -OCH3 is 1. The van der Waals surface area contributed by atoms with Gasteiger partial charge in [-0.05, 0) is 61.2 Å². The predicted octanol–water partition coefficient (Wildman–Crippen LogP) is 4.61. The van der Waals surface area contributed by atoms with E-state index in [1.807, 2.05) is 44.2 Å². The molecule has 6 nitrogen and oxygen atoms in total. The molecule has 6 heteroatoms. The summed E-state index contributed by atoms with van der Waals surface area (Å²) >= 11 is 0. The highest BCUT2D eigenvalue weighted by molar-refractivity contribution is 6.02. The lowest BCUT2D eigenvalue weighted by atomic mass is 9.96. The van der Waals surface area contributed by atoms with Crippen LogP contribution in [0.1, 0.15) is 46.2 Å². The predicted molar refractivity (Wildman–Crippen MR) is 120 cm³/mol. The number of fused-ring (bicyclic) bond motifs is 1.